The van der Waals surface area contributed by atoms with E-state index in [1.54, 1.807) is 0 Å². The van der Waals surface area contributed by atoms with Crippen molar-refractivity contribution in [3.63, 3.8) is 0 Å². The quantitative estimate of drug-likeness (QED) is 0.721. The molecule has 144 valence electrons. The Bertz CT molecular complexity index is 720. The van der Waals surface area contributed by atoms with Gasteiger partial charge in [0.2, 0.25) is 0 Å². The van der Waals surface area contributed by atoms with Crippen molar-refractivity contribution >= 4 is 11.9 Å². The molecule has 10 heteroatoms. The zero-order valence-corrected chi connectivity index (χ0v) is 14.3. The maximum absolute atomic E-state index is 14.3. The molecule has 1 aliphatic carbocycles. The molecule has 3 N–H and O–H groups in total. The molecule has 1 aromatic heterocycles. The Morgan fingerprint density at radius 1 is 1.35 bits per heavy atom. The topological polar surface area (TPSA) is 123 Å². The standard InChI is InChI=1S/C16H22FN3O6/c1-8-11(21)12(22)14(25-8)20-7-10(17)13(18-15(20)23)19-16(24)26-9-5-3-2-4-6-9/h7-9,11-12,14,21-22H,2-6H2,1H3,(H,18,19,23,24)/t8-,11?,12?,14-/m1/s1. The summed E-state index contributed by atoms with van der Waals surface area (Å²) >= 11 is 0. The zero-order valence-electron chi connectivity index (χ0n) is 14.3. The van der Waals surface area contributed by atoms with Gasteiger partial charge in [0.15, 0.2) is 17.9 Å². The predicted molar refractivity (Wildman–Crippen MR) is 87.0 cm³/mol. The van der Waals surface area contributed by atoms with Crippen LogP contribution in [0.4, 0.5) is 15.0 Å². The fourth-order valence-electron chi connectivity index (χ4n) is 3.23. The lowest BCUT2D eigenvalue weighted by Crippen LogP contribution is -2.36. The van der Waals surface area contributed by atoms with Crippen molar-refractivity contribution in [1.82, 2.24) is 9.55 Å². The maximum Gasteiger partial charge on any atom is 0.413 e. The van der Waals surface area contributed by atoms with Gasteiger partial charge >= 0.3 is 11.8 Å². The van der Waals surface area contributed by atoms with Crippen molar-refractivity contribution < 1.29 is 28.9 Å². The van der Waals surface area contributed by atoms with Crippen LogP contribution in [0.25, 0.3) is 0 Å². The van der Waals surface area contributed by atoms with Gasteiger partial charge in [-0.05, 0) is 32.6 Å². The van der Waals surface area contributed by atoms with Crippen molar-refractivity contribution in [2.24, 2.45) is 0 Å². The van der Waals surface area contributed by atoms with Crippen LogP contribution in [-0.4, -0.2) is 50.3 Å². The Morgan fingerprint density at radius 3 is 2.65 bits per heavy atom. The maximum atomic E-state index is 14.3. The molecule has 0 radical (unpaired) electrons. The number of nitrogens with one attached hydrogen (secondary N) is 1. The predicted octanol–water partition coefficient (Wildman–Crippen LogP) is 0.903. The van der Waals surface area contributed by atoms with E-state index in [4.69, 9.17) is 9.47 Å². The first-order valence-corrected chi connectivity index (χ1v) is 8.64. The smallest absolute Gasteiger partial charge is 0.413 e. The number of nitrogens with zero attached hydrogens (tertiary/aromatic N) is 2. The summed E-state index contributed by atoms with van der Waals surface area (Å²) in [6.45, 7) is 1.51. The molecular formula is C16H22FN3O6. The van der Waals surface area contributed by atoms with Gasteiger partial charge in [0.1, 0.15) is 18.3 Å². The van der Waals surface area contributed by atoms with E-state index in [1.165, 1.54) is 6.92 Å². The normalized spacial score (nSPS) is 29.5. The molecule has 1 aromatic rings. The fraction of sp³-hybridized carbons (Fsp3) is 0.688. The first-order valence-electron chi connectivity index (χ1n) is 8.64. The molecule has 4 atom stereocenters. The zero-order chi connectivity index (χ0) is 18.8. The number of ether oxygens (including phenoxy) is 2. The lowest BCUT2D eigenvalue weighted by Gasteiger charge is -2.22. The number of aliphatic hydroxyl groups excluding tert-OH is 2. The van der Waals surface area contributed by atoms with Crippen LogP contribution >= 0.6 is 0 Å². The molecule has 3 rings (SSSR count). The monoisotopic (exact) mass is 371 g/mol. The van der Waals surface area contributed by atoms with Gasteiger partial charge in [0, 0.05) is 0 Å². The second-order valence-corrected chi connectivity index (χ2v) is 6.63. The van der Waals surface area contributed by atoms with Crippen LogP contribution < -0.4 is 11.0 Å². The van der Waals surface area contributed by atoms with Crippen LogP contribution in [0.15, 0.2) is 11.0 Å². The Morgan fingerprint density at radius 2 is 2.04 bits per heavy atom. The summed E-state index contributed by atoms with van der Waals surface area (Å²) in [5, 5.41) is 21.8. The molecule has 0 spiro atoms. The highest BCUT2D eigenvalue weighted by Gasteiger charge is 2.42. The van der Waals surface area contributed by atoms with Crippen molar-refractivity contribution in [1.29, 1.82) is 0 Å². The molecule has 0 aromatic carbocycles. The lowest BCUT2D eigenvalue weighted by molar-refractivity contribution is -0.0355. The highest BCUT2D eigenvalue weighted by atomic mass is 19.1. The minimum Gasteiger partial charge on any atom is -0.446 e. The SMILES string of the molecule is C[C@H]1O[C@@H](n2cc(F)c(NC(=O)OC3CCCCC3)nc2=O)C(O)C1O. The molecule has 1 saturated heterocycles. The van der Waals surface area contributed by atoms with Gasteiger partial charge in [-0.3, -0.25) is 9.88 Å². The average Bonchev–Trinajstić information content (AvgIpc) is 2.86. The largest absolute Gasteiger partial charge is 0.446 e. The second kappa shape index (κ2) is 7.68. The van der Waals surface area contributed by atoms with Crippen molar-refractivity contribution in [2.45, 2.75) is 69.7 Å². The van der Waals surface area contributed by atoms with Crippen molar-refractivity contribution in [3.05, 3.63) is 22.5 Å². The van der Waals surface area contributed by atoms with Crippen molar-refractivity contribution in [2.75, 3.05) is 5.32 Å². The van der Waals surface area contributed by atoms with Crippen LogP contribution in [0.2, 0.25) is 0 Å². The van der Waals surface area contributed by atoms with E-state index in [0.717, 1.165) is 42.9 Å². The average molecular weight is 371 g/mol. The summed E-state index contributed by atoms with van der Waals surface area (Å²) in [6.07, 6.45) is -0.405. The third-order valence-corrected chi connectivity index (χ3v) is 4.70. The molecule has 2 fully saturated rings. The molecule has 2 unspecified atom stereocenters. The summed E-state index contributed by atoms with van der Waals surface area (Å²) in [6, 6.07) is 0. The first kappa shape index (κ1) is 18.7. The number of carbonyl (C=O) groups excluding carboxylic acids is 1. The van der Waals surface area contributed by atoms with Crippen LogP contribution in [0, 0.1) is 5.82 Å². The van der Waals surface area contributed by atoms with E-state index in [1.807, 2.05) is 0 Å². The Balaban J connectivity index is 1.71. The van der Waals surface area contributed by atoms with E-state index < -0.39 is 48.0 Å². The Labute approximate surface area is 148 Å². The molecule has 2 heterocycles. The summed E-state index contributed by atoms with van der Waals surface area (Å²) in [7, 11) is 0. The summed E-state index contributed by atoms with van der Waals surface area (Å²) in [4.78, 5) is 27.5. The van der Waals surface area contributed by atoms with Gasteiger partial charge in [-0.25, -0.2) is 14.0 Å². The number of aliphatic hydroxyl groups is 2. The minimum absolute atomic E-state index is 0.225. The summed E-state index contributed by atoms with van der Waals surface area (Å²) < 4.78 is 25.5. The summed E-state index contributed by atoms with van der Waals surface area (Å²) in [5.41, 5.74) is -0.940. The van der Waals surface area contributed by atoms with Gasteiger partial charge < -0.3 is 19.7 Å². The van der Waals surface area contributed by atoms with Gasteiger partial charge in [-0.1, -0.05) is 6.42 Å². The number of anilines is 1. The number of rotatable bonds is 3. The number of halogens is 1. The highest BCUT2D eigenvalue weighted by Crippen LogP contribution is 2.28. The molecule has 0 bridgehead atoms. The lowest BCUT2D eigenvalue weighted by atomic mass is 9.98. The summed E-state index contributed by atoms with van der Waals surface area (Å²) in [5.74, 6) is -1.55. The molecule has 1 saturated carbocycles. The van der Waals surface area contributed by atoms with Crippen LogP contribution in [0.1, 0.15) is 45.3 Å². The molecule has 26 heavy (non-hydrogen) atoms. The minimum atomic E-state index is -1.40. The van der Waals surface area contributed by atoms with Gasteiger partial charge in [-0.2, -0.15) is 4.98 Å². The number of amides is 1. The Kier molecular flexibility index (Phi) is 5.54. The third kappa shape index (κ3) is 3.87. The number of aromatic nitrogens is 2. The van der Waals surface area contributed by atoms with Crippen LogP contribution in [-0.2, 0) is 9.47 Å². The number of hydrogen-bond donors (Lipinski definition) is 3. The van der Waals surface area contributed by atoms with Crippen LogP contribution in [0.3, 0.4) is 0 Å². The Hall–Kier alpha value is -2.04. The number of hydrogen-bond acceptors (Lipinski definition) is 7. The van der Waals surface area contributed by atoms with Gasteiger partial charge in [-0.15, -0.1) is 0 Å². The van der Waals surface area contributed by atoms with Gasteiger partial charge in [0.25, 0.3) is 0 Å². The molecule has 2 aliphatic rings. The fourth-order valence-corrected chi connectivity index (χ4v) is 3.23. The van der Waals surface area contributed by atoms with E-state index in [9.17, 15) is 24.2 Å². The van der Waals surface area contributed by atoms with Gasteiger partial charge in [0.05, 0.1) is 12.3 Å². The molecule has 1 aliphatic heterocycles. The van der Waals surface area contributed by atoms with E-state index in [2.05, 4.69) is 10.3 Å². The highest BCUT2D eigenvalue weighted by molar-refractivity contribution is 5.83. The molecular weight excluding hydrogens is 349 g/mol. The van der Waals surface area contributed by atoms with E-state index in [-0.39, 0.29) is 6.10 Å². The van der Waals surface area contributed by atoms with Crippen LogP contribution in [0.5, 0.6) is 0 Å². The molecule has 9 nitrogen and oxygen atoms in total. The van der Waals surface area contributed by atoms with E-state index in [0.29, 0.717) is 0 Å². The van der Waals surface area contributed by atoms with Crippen molar-refractivity contribution in [3.8, 4) is 0 Å². The first-order chi connectivity index (χ1) is 12.4. The number of carbonyl (C=O) groups is 1. The second-order valence-electron chi connectivity index (χ2n) is 6.63. The third-order valence-electron chi connectivity index (χ3n) is 4.70. The van der Waals surface area contributed by atoms with E-state index >= 15 is 0 Å². The molecule has 1 amide bonds.